The number of nitrogens with one attached hydrogen (secondary N) is 2. The SMILES string of the molecule is CNC(C(=O)NCc1ccc(C)cc1C)c1cnn(C)c1.Cl. The number of halogens is 1. The van der Waals surface area contributed by atoms with Crippen LogP contribution in [0.1, 0.15) is 28.3 Å². The van der Waals surface area contributed by atoms with E-state index in [4.69, 9.17) is 0 Å². The lowest BCUT2D eigenvalue weighted by Gasteiger charge is -2.15. The number of hydrogen-bond donors (Lipinski definition) is 2. The van der Waals surface area contributed by atoms with Crippen molar-refractivity contribution in [3.63, 3.8) is 0 Å². The zero-order chi connectivity index (χ0) is 15.4. The van der Waals surface area contributed by atoms with Crippen molar-refractivity contribution < 1.29 is 4.79 Å². The van der Waals surface area contributed by atoms with Crippen molar-refractivity contribution in [1.29, 1.82) is 0 Å². The van der Waals surface area contributed by atoms with Crippen LogP contribution < -0.4 is 10.6 Å². The molecule has 0 radical (unpaired) electrons. The predicted molar refractivity (Wildman–Crippen MR) is 90.0 cm³/mol. The van der Waals surface area contributed by atoms with Crippen molar-refractivity contribution in [1.82, 2.24) is 20.4 Å². The Hall–Kier alpha value is -1.85. The highest BCUT2D eigenvalue weighted by molar-refractivity contribution is 5.85. The summed E-state index contributed by atoms with van der Waals surface area (Å²) in [6.07, 6.45) is 3.55. The Morgan fingerprint density at radius 3 is 2.64 bits per heavy atom. The van der Waals surface area contributed by atoms with Gasteiger partial charge in [-0.1, -0.05) is 23.8 Å². The van der Waals surface area contributed by atoms with Crippen LogP contribution in [0.5, 0.6) is 0 Å². The van der Waals surface area contributed by atoms with E-state index in [9.17, 15) is 4.79 Å². The van der Waals surface area contributed by atoms with Crippen LogP contribution in [0.4, 0.5) is 0 Å². The highest BCUT2D eigenvalue weighted by Crippen LogP contribution is 2.13. The molecule has 0 aliphatic heterocycles. The molecule has 1 amide bonds. The second kappa shape index (κ2) is 7.96. The summed E-state index contributed by atoms with van der Waals surface area (Å²) in [6, 6.07) is 5.86. The van der Waals surface area contributed by atoms with Crippen molar-refractivity contribution in [2.45, 2.75) is 26.4 Å². The quantitative estimate of drug-likeness (QED) is 0.885. The summed E-state index contributed by atoms with van der Waals surface area (Å²) in [7, 11) is 3.61. The van der Waals surface area contributed by atoms with Crippen LogP contribution in [0.25, 0.3) is 0 Å². The molecule has 1 unspecified atom stereocenters. The standard InChI is InChI=1S/C16H22N4O.ClH/c1-11-5-6-13(12(2)7-11)8-18-16(21)15(17-3)14-9-19-20(4)10-14;/h5-7,9-10,15,17H,8H2,1-4H3,(H,18,21);1H. The lowest BCUT2D eigenvalue weighted by molar-refractivity contribution is -0.123. The second-order valence-electron chi connectivity index (χ2n) is 5.32. The molecule has 0 fully saturated rings. The van der Waals surface area contributed by atoms with E-state index in [1.807, 2.05) is 13.2 Å². The number of amides is 1. The van der Waals surface area contributed by atoms with Crippen LogP contribution in [0.3, 0.4) is 0 Å². The van der Waals surface area contributed by atoms with Gasteiger partial charge in [-0.3, -0.25) is 9.48 Å². The van der Waals surface area contributed by atoms with Crippen LogP contribution in [0.15, 0.2) is 30.6 Å². The molecule has 22 heavy (non-hydrogen) atoms. The summed E-state index contributed by atoms with van der Waals surface area (Å²) in [4.78, 5) is 12.3. The monoisotopic (exact) mass is 322 g/mol. The number of nitrogens with zero attached hydrogens (tertiary/aromatic N) is 2. The van der Waals surface area contributed by atoms with E-state index in [2.05, 4.69) is 47.8 Å². The van der Waals surface area contributed by atoms with Crippen molar-refractivity contribution in [2.24, 2.45) is 7.05 Å². The number of carbonyl (C=O) groups is 1. The number of aryl methyl sites for hydroxylation is 3. The van der Waals surface area contributed by atoms with Gasteiger partial charge in [0.15, 0.2) is 0 Å². The van der Waals surface area contributed by atoms with Gasteiger partial charge >= 0.3 is 0 Å². The molecule has 0 saturated carbocycles. The molecule has 120 valence electrons. The number of benzene rings is 1. The minimum Gasteiger partial charge on any atom is -0.350 e. The fourth-order valence-corrected chi connectivity index (χ4v) is 2.37. The minimum absolute atomic E-state index is 0. The van der Waals surface area contributed by atoms with Gasteiger partial charge in [-0.15, -0.1) is 12.4 Å². The lowest BCUT2D eigenvalue weighted by atomic mass is 10.1. The number of carbonyl (C=O) groups excluding carboxylic acids is 1. The summed E-state index contributed by atoms with van der Waals surface area (Å²) < 4.78 is 1.69. The summed E-state index contributed by atoms with van der Waals surface area (Å²) in [5.41, 5.74) is 4.41. The van der Waals surface area contributed by atoms with Gasteiger partial charge in [-0.2, -0.15) is 5.10 Å². The Kier molecular flexibility index (Phi) is 6.59. The van der Waals surface area contributed by atoms with Crippen LogP contribution in [-0.4, -0.2) is 22.7 Å². The first-order valence-electron chi connectivity index (χ1n) is 7.01. The Morgan fingerprint density at radius 1 is 1.36 bits per heavy atom. The van der Waals surface area contributed by atoms with Crippen LogP contribution in [0, 0.1) is 13.8 Å². The summed E-state index contributed by atoms with van der Waals surface area (Å²) in [6.45, 7) is 4.66. The van der Waals surface area contributed by atoms with Gasteiger partial charge in [-0.05, 0) is 32.0 Å². The first kappa shape index (κ1) is 18.2. The van der Waals surface area contributed by atoms with Gasteiger partial charge in [0.05, 0.1) is 6.20 Å². The number of likely N-dealkylation sites (N-methyl/N-ethyl adjacent to an activating group) is 1. The maximum atomic E-state index is 12.3. The largest absolute Gasteiger partial charge is 0.350 e. The molecule has 1 aromatic carbocycles. The van der Waals surface area contributed by atoms with Crippen molar-refractivity contribution in [3.8, 4) is 0 Å². The van der Waals surface area contributed by atoms with E-state index in [1.165, 1.54) is 11.1 Å². The van der Waals surface area contributed by atoms with E-state index in [1.54, 1.807) is 17.9 Å². The Morgan fingerprint density at radius 2 is 2.09 bits per heavy atom. The summed E-state index contributed by atoms with van der Waals surface area (Å²) in [5.74, 6) is -0.0505. The first-order chi connectivity index (χ1) is 10.0. The zero-order valence-electron chi connectivity index (χ0n) is 13.4. The van der Waals surface area contributed by atoms with Crippen LogP contribution >= 0.6 is 12.4 Å². The molecule has 0 saturated heterocycles. The normalized spacial score (nSPS) is 11.6. The van der Waals surface area contributed by atoms with E-state index >= 15 is 0 Å². The number of hydrogen-bond acceptors (Lipinski definition) is 3. The third kappa shape index (κ3) is 4.32. The van der Waals surface area contributed by atoms with E-state index in [0.717, 1.165) is 11.1 Å². The van der Waals surface area contributed by atoms with Crippen molar-refractivity contribution in [2.75, 3.05) is 7.05 Å². The highest BCUT2D eigenvalue weighted by Gasteiger charge is 2.19. The molecule has 2 N–H and O–H groups in total. The minimum atomic E-state index is -0.385. The maximum absolute atomic E-state index is 12.3. The second-order valence-corrected chi connectivity index (χ2v) is 5.32. The van der Waals surface area contributed by atoms with Crippen LogP contribution in [0.2, 0.25) is 0 Å². The molecule has 5 nitrogen and oxygen atoms in total. The fourth-order valence-electron chi connectivity index (χ4n) is 2.37. The molecular weight excluding hydrogens is 300 g/mol. The van der Waals surface area contributed by atoms with Crippen LogP contribution in [-0.2, 0) is 18.4 Å². The van der Waals surface area contributed by atoms with Gasteiger partial charge < -0.3 is 10.6 Å². The Labute approximate surface area is 137 Å². The van der Waals surface area contributed by atoms with Crippen molar-refractivity contribution in [3.05, 3.63) is 52.8 Å². The third-order valence-electron chi connectivity index (χ3n) is 3.56. The Bertz CT molecular complexity index is 639. The predicted octanol–water partition coefficient (Wildman–Crippen LogP) is 2.04. The molecule has 1 aromatic heterocycles. The molecule has 2 aromatic rings. The van der Waals surface area contributed by atoms with Gasteiger partial charge in [0, 0.05) is 25.4 Å². The zero-order valence-corrected chi connectivity index (χ0v) is 14.2. The fraction of sp³-hybridized carbons (Fsp3) is 0.375. The molecule has 0 aliphatic carbocycles. The third-order valence-corrected chi connectivity index (χ3v) is 3.56. The molecule has 1 atom stereocenters. The van der Waals surface area contributed by atoms with E-state index in [0.29, 0.717) is 6.54 Å². The number of rotatable bonds is 5. The van der Waals surface area contributed by atoms with Gasteiger partial charge in [0.1, 0.15) is 6.04 Å². The van der Waals surface area contributed by atoms with Gasteiger partial charge in [-0.25, -0.2) is 0 Å². The molecular formula is C16H23ClN4O. The maximum Gasteiger partial charge on any atom is 0.242 e. The average Bonchev–Trinajstić information content (AvgIpc) is 2.85. The molecule has 2 rings (SSSR count). The molecule has 0 spiro atoms. The van der Waals surface area contributed by atoms with E-state index in [-0.39, 0.29) is 24.4 Å². The number of aromatic nitrogens is 2. The smallest absolute Gasteiger partial charge is 0.242 e. The van der Waals surface area contributed by atoms with Crippen molar-refractivity contribution >= 4 is 18.3 Å². The topological polar surface area (TPSA) is 59.0 Å². The molecule has 0 aliphatic rings. The lowest BCUT2D eigenvalue weighted by Crippen LogP contribution is -2.35. The molecule has 6 heteroatoms. The van der Waals surface area contributed by atoms with Gasteiger partial charge in [0.2, 0.25) is 5.91 Å². The van der Waals surface area contributed by atoms with E-state index < -0.39 is 0 Å². The highest BCUT2D eigenvalue weighted by atomic mass is 35.5. The summed E-state index contributed by atoms with van der Waals surface area (Å²) >= 11 is 0. The van der Waals surface area contributed by atoms with Gasteiger partial charge in [0.25, 0.3) is 0 Å². The average molecular weight is 323 g/mol. The first-order valence-corrected chi connectivity index (χ1v) is 7.01. The molecule has 0 bridgehead atoms. The summed E-state index contributed by atoms with van der Waals surface area (Å²) in [5, 5.41) is 10.1. The Balaban J connectivity index is 0.00000242. The molecule has 1 heterocycles.